The number of amides is 1. The summed E-state index contributed by atoms with van der Waals surface area (Å²) in [6, 6.07) is 6.39. The van der Waals surface area contributed by atoms with Crippen molar-refractivity contribution in [1.82, 2.24) is 4.90 Å². The summed E-state index contributed by atoms with van der Waals surface area (Å²) in [7, 11) is 0. The molecule has 0 saturated carbocycles. The van der Waals surface area contributed by atoms with Crippen molar-refractivity contribution in [1.29, 1.82) is 0 Å². The Hall–Kier alpha value is -1.51. The third-order valence-electron chi connectivity index (χ3n) is 3.79. The van der Waals surface area contributed by atoms with E-state index in [9.17, 15) is 4.79 Å². The van der Waals surface area contributed by atoms with Gasteiger partial charge in [0.05, 0.1) is 0 Å². The van der Waals surface area contributed by atoms with Gasteiger partial charge in [0.15, 0.2) is 0 Å². The van der Waals surface area contributed by atoms with Crippen LogP contribution >= 0.6 is 0 Å². The van der Waals surface area contributed by atoms with Crippen molar-refractivity contribution >= 4 is 6.09 Å². The molecule has 1 aromatic rings. The van der Waals surface area contributed by atoms with Crippen LogP contribution in [0.25, 0.3) is 0 Å². The molecule has 1 aliphatic heterocycles. The Balaban J connectivity index is 2.08. The molecule has 1 atom stereocenters. The zero-order valence-electron chi connectivity index (χ0n) is 13.2. The molecule has 1 saturated heterocycles. The molecule has 0 spiro atoms. The molecular weight excluding hydrogens is 250 g/mol. The smallest absolute Gasteiger partial charge is 0.410 e. The number of hydrogen-bond acceptors (Lipinski definition) is 2. The number of nitrogens with zero attached hydrogens (tertiary/aromatic N) is 1. The van der Waals surface area contributed by atoms with Crippen molar-refractivity contribution in [3.05, 3.63) is 34.9 Å². The van der Waals surface area contributed by atoms with Crippen LogP contribution in [0.4, 0.5) is 4.79 Å². The highest BCUT2D eigenvalue weighted by Gasteiger charge is 2.31. The fraction of sp³-hybridized carbons (Fsp3) is 0.588. The lowest BCUT2D eigenvalue weighted by atomic mass is 9.90. The topological polar surface area (TPSA) is 29.5 Å². The summed E-state index contributed by atoms with van der Waals surface area (Å²) >= 11 is 0. The van der Waals surface area contributed by atoms with Crippen LogP contribution in [-0.4, -0.2) is 29.7 Å². The van der Waals surface area contributed by atoms with E-state index in [1.807, 2.05) is 25.7 Å². The van der Waals surface area contributed by atoms with E-state index in [1.54, 1.807) is 0 Å². The van der Waals surface area contributed by atoms with E-state index in [2.05, 4.69) is 32.0 Å². The summed E-state index contributed by atoms with van der Waals surface area (Å²) in [5, 5.41) is 0. The third kappa shape index (κ3) is 3.33. The van der Waals surface area contributed by atoms with Gasteiger partial charge in [-0.1, -0.05) is 18.2 Å². The van der Waals surface area contributed by atoms with Crippen LogP contribution in [0.2, 0.25) is 0 Å². The number of benzene rings is 1. The fourth-order valence-electron chi connectivity index (χ4n) is 2.96. The van der Waals surface area contributed by atoms with Crippen molar-refractivity contribution in [3.8, 4) is 0 Å². The van der Waals surface area contributed by atoms with E-state index in [1.165, 1.54) is 16.7 Å². The molecule has 0 N–H and O–H groups in total. The minimum Gasteiger partial charge on any atom is -0.444 e. The van der Waals surface area contributed by atoms with Crippen LogP contribution in [0.3, 0.4) is 0 Å². The van der Waals surface area contributed by atoms with Crippen molar-refractivity contribution in [2.24, 2.45) is 0 Å². The molecular formula is C17H25NO2. The van der Waals surface area contributed by atoms with Crippen molar-refractivity contribution in [3.63, 3.8) is 0 Å². The third-order valence-corrected chi connectivity index (χ3v) is 3.79. The Morgan fingerprint density at radius 1 is 1.25 bits per heavy atom. The van der Waals surface area contributed by atoms with Crippen LogP contribution in [0.5, 0.6) is 0 Å². The van der Waals surface area contributed by atoms with E-state index < -0.39 is 5.60 Å². The molecule has 1 heterocycles. The Morgan fingerprint density at radius 2 is 1.85 bits per heavy atom. The van der Waals surface area contributed by atoms with Crippen molar-refractivity contribution in [2.75, 3.05) is 13.1 Å². The van der Waals surface area contributed by atoms with Gasteiger partial charge >= 0.3 is 6.09 Å². The molecule has 0 radical (unpaired) electrons. The van der Waals surface area contributed by atoms with E-state index in [-0.39, 0.29) is 6.09 Å². The van der Waals surface area contributed by atoms with E-state index in [4.69, 9.17) is 4.74 Å². The predicted molar refractivity (Wildman–Crippen MR) is 81.1 cm³/mol. The van der Waals surface area contributed by atoms with Gasteiger partial charge < -0.3 is 9.64 Å². The van der Waals surface area contributed by atoms with E-state index in [0.717, 1.165) is 19.5 Å². The van der Waals surface area contributed by atoms with Gasteiger partial charge in [0.1, 0.15) is 5.60 Å². The summed E-state index contributed by atoms with van der Waals surface area (Å²) in [6.45, 7) is 11.6. The van der Waals surface area contributed by atoms with Crippen molar-refractivity contribution < 1.29 is 9.53 Å². The Labute approximate surface area is 121 Å². The minimum atomic E-state index is -0.423. The second-order valence-electron chi connectivity index (χ2n) is 6.72. The van der Waals surface area contributed by atoms with Crippen LogP contribution in [0.1, 0.15) is 49.8 Å². The summed E-state index contributed by atoms with van der Waals surface area (Å²) in [5.41, 5.74) is 3.62. The van der Waals surface area contributed by atoms with Gasteiger partial charge in [0.2, 0.25) is 0 Å². The number of rotatable bonds is 1. The molecule has 0 bridgehead atoms. The number of carbonyl (C=O) groups is 1. The van der Waals surface area contributed by atoms with E-state index >= 15 is 0 Å². The lowest BCUT2D eigenvalue weighted by Gasteiger charge is -2.24. The molecule has 1 aliphatic rings. The van der Waals surface area contributed by atoms with Gasteiger partial charge in [-0.3, -0.25) is 0 Å². The molecule has 110 valence electrons. The Morgan fingerprint density at radius 3 is 2.40 bits per heavy atom. The number of carbonyl (C=O) groups excluding carboxylic acids is 1. The first-order valence-electron chi connectivity index (χ1n) is 7.32. The monoisotopic (exact) mass is 275 g/mol. The molecule has 1 fully saturated rings. The maximum atomic E-state index is 12.1. The largest absolute Gasteiger partial charge is 0.444 e. The van der Waals surface area contributed by atoms with Gasteiger partial charge in [0.25, 0.3) is 0 Å². The minimum absolute atomic E-state index is 0.189. The first kappa shape index (κ1) is 14.9. The lowest BCUT2D eigenvalue weighted by Crippen LogP contribution is -2.35. The zero-order chi connectivity index (χ0) is 14.9. The molecule has 3 heteroatoms. The van der Waals surface area contributed by atoms with Crippen LogP contribution in [0, 0.1) is 13.8 Å². The van der Waals surface area contributed by atoms with Gasteiger partial charge in [-0.2, -0.15) is 0 Å². The SMILES string of the molecule is Cc1cccc(C)c1C1CCN(C(=O)OC(C)(C)C)C1. The van der Waals surface area contributed by atoms with Gasteiger partial charge in [0, 0.05) is 19.0 Å². The maximum absolute atomic E-state index is 12.1. The number of hydrogen-bond donors (Lipinski definition) is 0. The lowest BCUT2D eigenvalue weighted by molar-refractivity contribution is 0.0292. The average molecular weight is 275 g/mol. The van der Waals surface area contributed by atoms with Gasteiger partial charge in [-0.15, -0.1) is 0 Å². The van der Waals surface area contributed by atoms with Gasteiger partial charge in [-0.05, 0) is 57.7 Å². The summed E-state index contributed by atoms with van der Waals surface area (Å²) in [5.74, 6) is 0.434. The number of likely N-dealkylation sites (tertiary alicyclic amines) is 1. The second kappa shape index (κ2) is 5.47. The molecule has 1 aromatic carbocycles. The molecule has 3 nitrogen and oxygen atoms in total. The molecule has 20 heavy (non-hydrogen) atoms. The molecule has 0 aliphatic carbocycles. The molecule has 1 unspecified atom stereocenters. The fourth-order valence-corrected chi connectivity index (χ4v) is 2.96. The van der Waals surface area contributed by atoms with Crippen LogP contribution in [-0.2, 0) is 4.74 Å². The average Bonchev–Trinajstić information content (AvgIpc) is 2.76. The van der Waals surface area contributed by atoms with Crippen LogP contribution < -0.4 is 0 Å². The molecule has 1 amide bonds. The van der Waals surface area contributed by atoms with Gasteiger partial charge in [-0.25, -0.2) is 4.79 Å². The summed E-state index contributed by atoms with van der Waals surface area (Å²) in [4.78, 5) is 13.9. The number of aryl methyl sites for hydroxylation is 2. The zero-order valence-corrected chi connectivity index (χ0v) is 13.2. The first-order valence-corrected chi connectivity index (χ1v) is 7.32. The maximum Gasteiger partial charge on any atom is 0.410 e. The summed E-state index contributed by atoms with van der Waals surface area (Å²) in [6.07, 6.45) is 0.830. The highest BCUT2D eigenvalue weighted by molar-refractivity contribution is 5.68. The Kier molecular flexibility index (Phi) is 4.07. The highest BCUT2D eigenvalue weighted by Crippen LogP contribution is 2.32. The predicted octanol–water partition coefficient (Wildman–Crippen LogP) is 4.03. The normalized spacial score (nSPS) is 19.2. The molecule has 2 rings (SSSR count). The number of ether oxygens (including phenoxy) is 1. The standard InChI is InChI=1S/C17H25NO2/c1-12-7-6-8-13(2)15(12)14-9-10-18(11-14)16(19)20-17(3,4)5/h6-8,14H,9-11H2,1-5H3. The first-order chi connectivity index (χ1) is 9.28. The quantitative estimate of drug-likeness (QED) is 0.774. The summed E-state index contributed by atoms with van der Waals surface area (Å²) < 4.78 is 5.45. The molecule has 0 aromatic heterocycles. The Bertz CT molecular complexity index is 482. The van der Waals surface area contributed by atoms with Crippen molar-refractivity contribution in [2.45, 2.75) is 52.6 Å². The van der Waals surface area contributed by atoms with Crippen LogP contribution in [0.15, 0.2) is 18.2 Å². The second-order valence-corrected chi connectivity index (χ2v) is 6.72. The van der Waals surface area contributed by atoms with E-state index in [0.29, 0.717) is 5.92 Å². The highest BCUT2D eigenvalue weighted by atomic mass is 16.6.